The van der Waals surface area contributed by atoms with Crippen LogP contribution in [0.2, 0.25) is 0 Å². The number of hydrogen-bond acceptors (Lipinski definition) is 4. The van der Waals surface area contributed by atoms with Crippen molar-refractivity contribution in [2.75, 3.05) is 11.8 Å². The molecule has 24 heavy (non-hydrogen) atoms. The van der Waals surface area contributed by atoms with Crippen molar-refractivity contribution >= 4 is 21.7 Å². The van der Waals surface area contributed by atoms with Gasteiger partial charge < -0.3 is 4.74 Å². The second kappa shape index (κ2) is 7.49. The molecule has 2 rings (SSSR count). The van der Waals surface area contributed by atoms with Gasteiger partial charge in [0.15, 0.2) is 0 Å². The average molecular weight is 347 g/mol. The van der Waals surface area contributed by atoms with Crippen LogP contribution in [0.15, 0.2) is 53.4 Å². The first-order valence-corrected chi connectivity index (χ1v) is 9.17. The summed E-state index contributed by atoms with van der Waals surface area (Å²) in [5.41, 5.74) is 1.85. The molecule has 6 heteroatoms. The molecule has 0 saturated carbocycles. The van der Waals surface area contributed by atoms with Gasteiger partial charge in [0.25, 0.3) is 10.0 Å². The van der Waals surface area contributed by atoms with Gasteiger partial charge in [0.05, 0.1) is 17.6 Å². The van der Waals surface area contributed by atoms with Crippen LogP contribution in [-0.2, 0) is 14.8 Å². The number of hydrogen-bond donors (Lipinski definition) is 1. The van der Waals surface area contributed by atoms with E-state index in [1.807, 2.05) is 12.1 Å². The maximum Gasteiger partial charge on any atom is 0.337 e. The Morgan fingerprint density at radius 3 is 2.17 bits per heavy atom. The molecule has 0 fully saturated rings. The lowest BCUT2D eigenvalue weighted by Gasteiger charge is -2.11. The highest BCUT2D eigenvalue weighted by molar-refractivity contribution is 7.92. The predicted molar refractivity (Wildman–Crippen MR) is 93.7 cm³/mol. The molecule has 0 bridgehead atoms. The summed E-state index contributed by atoms with van der Waals surface area (Å²) in [6, 6.07) is 12.9. The summed E-state index contributed by atoms with van der Waals surface area (Å²) >= 11 is 0. The van der Waals surface area contributed by atoms with E-state index >= 15 is 0 Å². The summed E-state index contributed by atoms with van der Waals surface area (Å²) in [7, 11) is -2.37. The topological polar surface area (TPSA) is 72.5 Å². The van der Waals surface area contributed by atoms with Crippen LogP contribution in [0, 0.1) is 0 Å². The molecule has 128 valence electrons. The molecule has 0 aliphatic carbocycles. The molecule has 0 saturated heterocycles. The molecule has 0 aliphatic heterocycles. The van der Waals surface area contributed by atoms with Gasteiger partial charge in [-0.05, 0) is 54.3 Å². The molecule has 2 aromatic rings. The first-order chi connectivity index (χ1) is 11.4. The molecular weight excluding hydrogens is 326 g/mol. The monoisotopic (exact) mass is 347 g/mol. The fourth-order valence-corrected chi connectivity index (χ4v) is 3.28. The summed E-state index contributed by atoms with van der Waals surface area (Å²) in [5.74, 6) is -0.0781. The Morgan fingerprint density at radius 2 is 1.67 bits per heavy atom. The third-order valence-corrected chi connectivity index (χ3v) is 5.33. The fraction of sp³-hybridized carbons (Fsp3) is 0.278. The third kappa shape index (κ3) is 4.14. The molecule has 2 aromatic carbocycles. The Hall–Kier alpha value is -2.34. The van der Waals surface area contributed by atoms with Crippen molar-refractivity contribution in [1.29, 1.82) is 0 Å². The van der Waals surface area contributed by atoms with E-state index in [0.29, 0.717) is 17.2 Å². The van der Waals surface area contributed by atoms with Gasteiger partial charge in [-0.2, -0.15) is 0 Å². The third-order valence-electron chi connectivity index (χ3n) is 3.93. The van der Waals surface area contributed by atoms with Crippen LogP contribution in [0.5, 0.6) is 0 Å². The highest BCUT2D eigenvalue weighted by Gasteiger charge is 2.15. The molecule has 0 spiro atoms. The van der Waals surface area contributed by atoms with Crippen molar-refractivity contribution in [3.8, 4) is 0 Å². The van der Waals surface area contributed by atoms with E-state index in [4.69, 9.17) is 0 Å². The molecule has 0 aromatic heterocycles. The van der Waals surface area contributed by atoms with E-state index < -0.39 is 16.0 Å². The summed E-state index contributed by atoms with van der Waals surface area (Å²) in [5, 5.41) is 0. The molecular formula is C18H21NO4S. The molecule has 1 N–H and O–H groups in total. The second-order valence-corrected chi connectivity index (χ2v) is 7.24. The van der Waals surface area contributed by atoms with E-state index in [1.165, 1.54) is 31.4 Å². The zero-order valence-electron chi connectivity index (χ0n) is 13.9. The number of esters is 1. The van der Waals surface area contributed by atoms with Gasteiger partial charge in [-0.25, -0.2) is 13.2 Å². The largest absolute Gasteiger partial charge is 0.465 e. The van der Waals surface area contributed by atoms with Crippen LogP contribution in [0.25, 0.3) is 0 Å². The van der Waals surface area contributed by atoms with Crippen LogP contribution >= 0.6 is 0 Å². The first kappa shape index (κ1) is 18.0. The summed E-state index contributed by atoms with van der Waals surface area (Å²) < 4.78 is 32.0. The van der Waals surface area contributed by atoms with Crippen molar-refractivity contribution in [2.24, 2.45) is 0 Å². The number of rotatable bonds is 6. The zero-order chi connectivity index (χ0) is 17.7. The highest BCUT2D eigenvalue weighted by Crippen LogP contribution is 2.22. The average Bonchev–Trinajstić information content (AvgIpc) is 2.60. The summed E-state index contributed by atoms with van der Waals surface area (Å²) in [6.07, 6.45) is 0.997. The van der Waals surface area contributed by atoms with Crippen LogP contribution in [-0.4, -0.2) is 21.5 Å². The number of benzene rings is 2. The number of carbonyl (C=O) groups is 1. The highest BCUT2D eigenvalue weighted by atomic mass is 32.2. The Kier molecular flexibility index (Phi) is 5.62. The zero-order valence-corrected chi connectivity index (χ0v) is 14.8. The Balaban J connectivity index is 2.17. The standard InChI is InChI=1S/C18H21NO4S/c1-4-13(2)14-7-11-17(12-8-14)24(21,22)19-16-9-5-15(6-10-16)18(20)23-3/h5-13,19H,4H2,1-3H3/t13-/m0/s1. The van der Waals surface area contributed by atoms with Crippen molar-refractivity contribution in [3.63, 3.8) is 0 Å². The van der Waals surface area contributed by atoms with Gasteiger partial charge >= 0.3 is 5.97 Å². The first-order valence-electron chi connectivity index (χ1n) is 7.68. The SMILES string of the molecule is CC[C@H](C)c1ccc(S(=O)(=O)Nc2ccc(C(=O)OC)cc2)cc1. The minimum atomic E-state index is -3.67. The Morgan fingerprint density at radius 1 is 1.08 bits per heavy atom. The Labute approximate surface area is 142 Å². The van der Waals surface area contributed by atoms with Crippen LogP contribution in [0.1, 0.15) is 42.1 Å². The summed E-state index contributed by atoms with van der Waals surface area (Å²) in [6.45, 7) is 4.19. The van der Waals surface area contributed by atoms with Gasteiger partial charge in [-0.3, -0.25) is 4.72 Å². The van der Waals surface area contributed by atoms with Crippen molar-refractivity contribution in [3.05, 3.63) is 59.7 Å². The van der Waals surface area contributed by atoms with Gasteiger partial charge in [0.1, 0.15) is 0 Å². The number of ether oxygens (including phenoxy) is 1. The molecule has 0 heterocycles. The fourth-order valence-electron chi connectivity index (χ4n) is 2.22. The summed E-state index contributed by atoms with van der Waals surface area (Å²) in [4.78, 5) is 11.6. The van der Waals surface area contributed by atoms with Crippen LogP contribution < -0.4 is 4.72 Å². The number of nitrogens with one attached hydrogen (secondary N) is 1. The van der Waals surface area contributed by atoms with Gasteiger partial charge in [-0.1, -0.05) is 26.0 Å². The molecule has 0 aliphatic rings. The van der Waals surface area contributed by atoms with E-state index in [2.05, 4.69) is 23.3 Å². The number of carbonyl (C=O) groups excluding carboxylic acids is 1. The van der Waals surface area contributed by atoms with Crippen LogP contribution in [0.3, 0.4) is 0 Å². The molecule has 0 radical (unpaired) electrons. The second-order valence-electron chi connectivity index (χ2n) is 5.55. The minimum absolute atomic E-state index is 0.201. The normalized spacial score (nSPS) is 12.5. The number of sulfonamides is 1. The van der Waals surface area contributed by atoms with Crippen molar-refractivity contribution < 1.29 is 17.9 Å². The van der Waals surface area contributed by atoms with Gasteiger partial charge in [-0.15, -0.1) is 0 Å². The number of anilines is 1. The Bertz CT molecular complexity index is 796. The maximum atomic E-state index is 12.4. The lowest BCUT2D eigenvalue weighted by Crippen LogP contribution is -2.13. The molecule has 0 unspecified atom stereocenters. The van der Waals surface area contributed by atoms with Crippen LogP contribution in [0.4, 0.5) is 5.69 Å². The quantitative estimate of drug-likeness (QED) is 0.807. The van der Waals surface area contributed by atoms with Crippen molar-refractivity contribution in [1.82, 2.24) is 0 Å². The van der Waals surface area contributed by atoms with E-state index in [1.54, 1.807) is 12.1 Å². The molecule has 1 atom stereocenters. The van der Waals surface area contributed by atoms with E-state index in [9.17, 15) is 13.2 Å². The number of methoxy groups -OCH3 is 1. The molecule has 0 amide bonds. The molecule has 5 nitrogen and oxygen atoms in total. The smallest absolute Gasteiger partial charge is 0.337 e. The van der Waals surface area contributed by atoms with Gasteiger partial charge in [0, 0.05) is 5.69 Å². The lowest BCUT2D eigenvalue weighted by atomic mass is 9.99. The predicted octanol–water partition coefficient (Wildman–Crippen LogP) is 3.79. The minimum Gasteiger partial charge on any atom is -0.465 e. The van der Waals surface area contributed by atoms with Gasteiger partial charge in [0.2, 0.25) is 0 Å². The van der Waals surface area contributed by atoms with E-state index in [0.717, 1.165) is 12.0 Å². The lowest BCUT2D eigenvalue weighted by molar-refractivity contribution is 0.0601. The van der Waals surface area contributed by atoms with E-state index in [-0.39, 0.29) is 4.90 Å². The maximum absolute atomic E-state index is 12.4. The van der Waals surface area contributed by atoms with Crippen molar-refractivity contribution in [2.45, 2.75) is 31.1 Å².